The van der Waals surface area contributed by atoms with Crippen LogP contribution >= 0.6 is 0 Å². The van der Waals surface area contributed by atoms with Gasteiger partial charge < -0.3 is 9.15 Å². The second kappa shape index (κ2) is 6.00. The Morgan fingerprint density at radius 3 is 2.42 bits per heavy atom. The van der Waals surface area contributed by atoms with E-state index in [0.29, 0.717) is 12.8 Å². The van der Waals surface area contributed by atoms with E-state index < -0.39 is 5.97 Å². The highest BCUT2D eigenvalue weighted by Crippen LogP contribution is 2.13. The van der Waals surface area contributed by atoms with Crippen LogP contribution in [-0.2, 0) is 11.2 Å². The molecule has 0 spiro atoms. The highest BCUT2D eigenvalue weighted by molar-refractivity contribution is 5.95. The smallest absolute Gasteiger partial charge is 0.373 e. The summed E-state index contributed by atoms with van der Waals surface area (Å²) < 4.78 is 9.68. The standard InChI is InChI=1S/C15H14O4/c1-18-15(17)14-10-9-13(19-14)12(16)8-7-11-5-3-2-4-6-11/h2-6,9-10H,7-8H2,1H3. The number of benzene rings is 1. The third-order valence-corrected chi connectivity index (χ3v) is 2.75. The molecule has 1 heterocycles. The van der Waals surface area contributed by atoms with Crippen LogP contribution in [0.4, 0.5) is 0 Å². The maximum atomic E-state index is 11.9. The number of aryl methyl sites for hydroxylation is 1. The Morgan fingerprint density at radius 2 is 1.74 bits per heavy atom. The Kier molecular flexibility index (Phi) is 4.13. The lowest BCUT2D eigenvalue weighted by molar-refractivity contribution is 0.0563. The zero-order chi connectivity index (χ0) is 13.7. The van der Waals surface area contributed by atoms with Gasteiger partial charge in [-0.1, -0.05) is 30.3 Å². The summed E-state index contributed by atoms with van der Waals surface area (Å²) in [5.74, 6) is -0.469. The minimum absolute atomic E-state index is 0.0468. The molecule has 0 unspecified atom stereocenters. The van der Waals surface area contributed by atoms with Gasteiger partial charge in [0.05, 0.1) is 7.11 Å². The number of hydrogen-bond donors (Lipinski definition) is 0. The highest BCUT2D eigenvalue weighted by atomic mass is 16.5. The molecule has 98 valence electrons. The van der Waals surface area contributed by atoms with E-state index >= 15 is 0 Å². The Balaban J connectivity index is 1.97. The van der Waals surface area contributed by atoms with Crippen LogP contribution in [0, 0.1) is 0 Å². The van der Waals surface area contributed by atoms with Gasteiger partial charge in [-0.2, -0.15) is 0 Å². The molecule has 2 aromatic rings. The Bertz CT molecular complexity index is 569. The van der Waals surface area contributed by atoms with Crippen molar-refractivity contribution in [3.8, 4) is 0 Å². The number of ketones is 1. The zero-order valence-electron chi connectivity index (χ0n) is 10.6. The third kappa shape index (κ3) is 3.31. The summed E-state index contributed by atoms with van der Waals surface area (Å²) >= 11 is 0. The molecule has 0 atom stereocenters. The van der Waals surface area contributed by atoms with E-state index in [-0.39, 0.29) is 17.3 Å². The van der Waals surface area contributed by atoms with Crippen LogP contribution in [-0.4, -0.2) is 18.9 Å². The molecule has 0 aliphatic carbocycles. The van der Waals surface area contributed by atoms with Gasteiger partial charge in [-0.3, -0.25) is 4.79 Å². The van der Waals surface area contributed by atoms with E-state index in [0.717, 1.165) is 5.56 Å². The summed E-state index contributed by atoms with van der Waals surface area (Å²) in [6.45, 7) is 0. The average molecular weight is 258 g/mol. The fourth-order valence-corrected chi connectivity index (χ4v) is 1.72. The van der Waals surface area contributed by atoms with Crippen molar-refractivity contribution >= 4 is 11.8 Å². The van der Waals surface area contributed by atoms with Gasteiger partial charge in [0.1, 0.15) is 0 Å². The lowest BCUT2D eigenvalue weighted by atomic mass is 10.1. The number of rotatable bonds is 5. The van der Waals surface area contributed by atoms with Gasteiger partial charge in [0, 0.05) is 6.42 Å². The van der Waals surface area contributed by atoms with Crippen LogP contribution in [0.15, 0.2) is 46.9 Å². The molecule has 0 aliphatic rings. The third-order valence-electron chi connectivity index (χ3n) is 2.75. The van der Waals surface area contributed by atoms with E-state index in [1.165, 1.54) is 19.2 Å². The molecule has 0 amide bonds. The normalized spacial score (nSPS) is 10.2. The molecular formula is C15H14O4. The van der Waals surface area contributed by atoms with Crippen molar-refractivity contribution < 1.29 is 18.7 Å². The number of hydrogen-bond acceptors (Lipinski definition) is 4. The van der Waals surface area contributed by atoms with Crippen molar-refractivity contribution in [3.63, 3.8) is 0 Å². The molecule has 0 radical (unpaired) electrons. The molecule has 1 aromatic heterocycles. The molecule has 0 aliphatic heterocycles. The first-order chi connectivity index (χ1) is 9.20. The monoisotopic (exact) mass is 258 g/mol. The first-order valence-electron chi connectivity index (χ1n) is 5.96. The molecule has 0 saturated carbocycles. The maximum absolute atomic E-state index is 11.9. The topological polar surface area (TPSA) is 56.5 Å². The van der Waals surface area contributed by atoms with E-state index in [4.69, 9.17) is 4.42 Å². The van der Waals surface area contributed by atoms with E-state index in [1.54, 1.807) is 0 Å². The van der Waals surface area contributed by atoms with Gasteiger partial charge in [-0.05, 0) is 24.1 Å². The molecule has 0 bridgehead atoms. The summed E-state index contributed by atoms with van der Waals surface area (Å²) in [7, 11) is 1.27. The van der Waals surface area contributed by atoms with Crippen molar-refractivity contribution in [2.45, 2.75) is 12.8 Å². The molecular weight excluding hydrogens is 244 g/mol. The molecule has 0 saturated heterocycles. The lowest BCUT2D eigenvalue weighted by Crippen LogP contribution is -2.01. The molecule has 4 heteroatoms. The van der Waals surface area contributed by atoms with Crippen LogP contribution in [0.25, 0.3) is 0 Å². The largest absolute Gasteiger partial charge is 0.463 e. The van der Waals surface area contributed by atoms with Gasteiger partial charge in [-0.25, -0.2) is 4.79 Å². The van der Waals surface area contributed by atoms with Crippen molar-refractivity contribution in [2.24, 2.45) is 0 Å². The molecule has 0 fully saturated rings. The number of methoxy groups -OCH3 is 1. The Labute approximate surface area is 111 Å². The van der Waals surface area contributed by atoms with E-state index in [1.807, 2.05) is 30.3 Å². The number of Topliss-reactive ketones (excluding diaryl/α,β-unsaturated/α-hetero) is 1. The SMILES string of the molecule is COC(=O)c1ccc(C(=O)CCc2ccccc2)o1. The molecule has 19 heavy (non-hydrogen) atoms. The maximum Gasteiger partial charge on any atom is 0.373 e. The minimum Gasteiger partial charge on any atom is -0.463 e. The lowest BCUT2D eigenvalue weighted by Gasteiger charge is -1.99. The number of ether oxygens (including phenoxy) is 1. The fourth-order valence-electron chi connectivity index (χ4n) is 1.72. The van der Waals surface area contributed by atoms with Gasteiger partial charge in [0.25, 0.3) is 0 Å². The molecule has 1 aromatic carbocycles. The molecule has 2 rings (SSSR count). The van der Waals surface area contributed by atoms with Crippen molar-refractivity contribution in [3.05, 3.63) is 59.5 Å². The van der Waals surface area contributed by atoms with Crippen LogP contribution in [0.5, 0.6) is 0 Å². The zero-order valence-corrected chi connectivity index (χ0v) is 10.6. The van der Waals surface area contributed by atoms with Gasteiger partial charge in [0.15, 0.2) is 11.5 Å². The van der Waals surface area contributed by atoms with Crippen LogP contribution in [0.3, 0.4) is 0 Å². The first-order valence-corrected chi connectivity index (χ1v) is 5.96. The van der Waals surface area contributed by atoms with E-state index in [9.17, 15) is 9.59 Å². The number of esters is 1. The molecule has 4 nitrogen and oxygen atoms in total. The Hall–Kier alpha value is -2.36. The quantitative estimate of drug-likeness (QED) is 0.611. The van der Waals surface area contributed by atoms with Gasteiger partial charge >= 0.3 is 5.97 Å². The van der Waals surface area contributed by atoms with Crippen molar-refractivity contribution in [2.75, 3.05) is 7.11 Å². The predicted molar refractivity (Wildman–Crippen MR) is 69.1 cm³/mol. The fraction of sp³-hybridized carbons (Fsp3) is 0.200. The van der Waals surface area contributed by atoms with Crippen molar-refractivity contribution in [1.29, 1.82) is 0 Å². The molecule has 0 N–H and O–H groups in total. The number of furan rings is 1. The summed E-state index contributed by atoms with van der Waals surface area (Å²) in [5, 5.41) is 0. The summed E-state index contributed by atoms with van der Waals surface area (Å²) in [5.41, 5.74) is 1.09. The van der Waals surface area contributed by atoms with E-state index in [2.05, 4.69) is 4.74 Å². The predicted octanol–water partition coefficient (Wildman–Crippen LogP) is 2.88. The van der Waals surface area contributed by atoms with Crippen LogP contribution in [0.2, 0.25) is 0 Å². The average Bonchev–Trinajstić information content (AvgIpc) is 2.95. The van der Waals surface area contributed by atoms with Crippen molar-refractivity contribution in [1.82, 2.24) is 0 Å². The number of carbonyl (C=O) groups excluding carboxylic acids is 2. The second-order valence-electron chi connectivity index (χ2n) is 4.06. The summed E-state index contributed by atoms with van der Waals surface area (Å²) in [4.78, 5) is 23.1. The van der Waals surface area contributed by atoms with Crippen LogP contribution in [0.1, 0.15) is 33.1 Å². The minimum atomic E-state index is -0.581. The highest BCUT2D eigenvalue weighted by Gasteiger charge is 2.15. The number of carbonyl (C=O) groups is 2. The summed E-state index contributed by atoms with van der Waals surface area (Å²) in [6, 6.07) is 12.7. The summed E-state index contributed by atoms with van der Waals surface area (Å²) in [6.07, 6.45) is 0.992. The van der Waals surface area contributed by atoms with Gasteiger partial charge in [-0.15, -0.1) is 0 Å². The Morgan fingerprint density at radius 1 is 1.05 bits per heavy atom. The first kappa shape index (κ1) is 13.1. The van der Waals surface area contributed by atoms with Crippen LogP contribution < -0.4 is 0 Å². The second-order valence-corrected chi connectivity index (χ2v) is 4.06. The van der Waals surface area contributed by atoms with Gasteiger partial charge in [0.2, 0.25) is 5.76 Å².